The lowest BCUT2D eigenvalue weighted by molar-refractivity contribution is 0.135. The zero-order chi connectivity index (χ0) is 20.6. The van der Waals surface area contributed by atoms with E-state index in [1.165, 1.54) is 0 Å². The van der Waals surface area contributed by atoms with E-state index >= 15 is 0 Å². The lowest BCUT2D eigenvalue weighted by Crippen LogP contribution is -2.52. The van der Waals surface area contributed by atoms with Crippen LogP contribution in [0.1, 0.15) is 30.4 Å². The first-order chi connectivity index (χ1) is 13.9. The number of benzene rings is 1. The van der Waals surface area contributed by atoms with Gasteiger partial charge in [0, 0.05) is 24.7 Å². The van der Waals surface area contributed by atoms with Crippen LogP contribution in [0.5, 0.6) is 0 Å². The van der Waals surface area contributed by atoms with Crippen LogP contribution in [0.2, 0.25) is 0 Å². The van der Waals surface area contributed by atoms with Crippen LogP contribution >= 0.6 is 15.9 Å². The first-order valence-corrected chi connectivity index (χ1v) is 12.3. The number of cyclic esters (lactones) is 1. The molecule has 3 aliphatic rings. The molecule has 8 heteroatoms. The molecule has 0 aromatic heterocycles. The van der Waals surface area contributed by atoms with Gasteiger partial charge in [0.1, 0.15) is 11.9 Å². The molecule has 0 radical (unpaired) electrons. The number of halogens is 1. The SMILES string of the molecule is Cc1cccc2c1N(C1CCN(S(=O)(=O)C3C=CCC=CC3Br)CC1)C(=O)OC2. The lowest BCUT2D eigenvalue weighted by atomic mass is 10.00. The van der Waals surface area contributed by atoms with E-state index in [-0.39, 0.29) is 23.6 Å². The zero-order valence-electron chi connectivity index (χ0n) is 16.3. The Kier molecular flexibility index (Phi) is 5.86. The zero-order valence-corrected chi connectivity index (χ0v) is 18.7. The van der Waals surface area contributed by atoms with Crippen molar-refractivity contribution >= 4 is 37.7 Å². The Labute approximate surface area is 180 Å². The van der Waals surface area contributed by atoms with Gasteiger partial charge in [0.15, 0.2) is 0 Å². The molecule has 1 aliphatic carbocycles. The fourth-order valence-corrected chi connectivity index (χ4v) is 7.32. The minimum atomic E-state index is -3.48. The van der Waals surface area contributed by atoms with Gasteiger partial charge in [0.25, 0.3) is 0 Å². The number of carbonyl (C=O) groups excluding carboxylic acids is 1. The summed E-state index contributed by atoms with van der Waals surface area (Å²) in [6.45, 7) is 3.07. The minimum Gasteiger partial charge on any atom is -0.444 e. The Bertz CT molecular complexity index is 951. The monoisotopic (exact) mass is 480 g/mol. The third kappa shape index (κ3) is 3.90. The number of rotatable bonds is 3. The van der Waals surface area contributed by atoms with Crippen molar-refractivity contribution in [1.29, 1.82) is 0 Å². The number of ether oxygens (including phenoxy) is 1. The van der Waals surface area contributed by atoms with E-state index < -0.39 is 15.3 Å². The second-order valence-electron chi connectivity index (χ2n) is 7.68. The van der Waals surface area contributed by atoms with Crippen molar-refractivity contribution < 1.29 is 17.9 Å². The van der Waals surface area contributed by atoms with Gasteiger partial charge in [-0.15, -0.1) is 0 Å². The molecule has 2 atom stereocenters. The number of allylic oxidation sites excluding steroid dienone is 3. The van der Waals surface area contributed by atoms with Crippen molar-refractivity contribution in [3.05, 3.63) is 53.6 Å². The minimum absolute atomic E-state index is 0.0709. The van der Waals surface area contributed by atoms with E-state index in [2.05, 4.69) is 15.9 Å². The largest absolute Gasteiger partial charge is 0.444 e. The summed E-state index contributed by atoms with van der Waals surface area (Å²) in [5.41, 5.74) is 2.95. The lowest BCUT2D eigenvalue weighted by Gasteiger charge is -2.41. The molecular weight excluding hydrogens is 456 g/mol. The number of alkyl halides is 1. The molecule has 2 unspecified atom stereocenters. The Hall–Kier alpha value is -1.64. The smallest absolute Gasteiger partial charge is 0.414 e. The number of para-hydroxylation sites is 1. The molecule has 4 rings (SSSR count). The number of sulfonamides is 1. The molecule has 29 heavy (non-hydrogen) atoms. The van der Waals surface area contributed by atoms with Crippen molar-refractivity contribution in [2.45, 2.75) is 48.9 Å². The van der Waals surface area contributed by atoms with Crippen LogP contribution in [0.4, 0.5) is 10.5 Å². The quantitative estimate of drug-likeness (QED) is 0.485. The summed E-state index contributed by atoms with van der Waals surface area (Å²) in [7, 11) is -3.48. The Morgan fingerprint density at radius 3 is 2.62 bits per heavy atom. The van der Waals surface area contributed by atoms with Gasteiger partial charge in [-0.05, 0) is 31.7 Å². The standard InChI is InChI=1S/C21H25BrN2O4S/c1-15-6-5-7-16-14-28-21(25)24(20(15)16)17-10-12-23(13-11-17)29(26,27)19-9-4-2-3-8-18(19)22/h3-9,17-19H,2,10-14H2,1H3. The van der Waals surface area contributed by atoms with Gasteiger partial charge < -0.3 is 4.74 Å². The fraction of sp³-hybridized carbons (Fsp3) is 0.476. The molecule has 0 bridgehead atoms. The number of aryl methyl sites for hydroxylation is 1. The number of fused-ring (bicyclic) bond motifs is 1. The van der Waals surface area contributed by atoms with Crippen LogP contribution in [-0.2, 0) is 21.4 Å². The number of carbonyl (C=O) groups is 1. The number of amides is 1. The predicted molar refractivity (Wildman–Crippen MR) is 117 cm³/mol. The maximum atomic E-state index is 13.2. The highest BCUT2D eigenvalue weighted by atomic mass is 79.9. The molecule has 156 valence electrons. The molecule has 0 spiro atoms. The number of hydrogen-bond acceptors (Lipinski definition) is 4. The highest BCUT2D eigenvalue weighted by Gasteiger charge is 2.40. The van der Waals surface area contributed by atoms with Gasteiger partial charge in [0.2, 0.25) is 10.0 Å². The van der Waals surface area contributed by atoms with E-state index in [1.54, 1.807) is 15.3 Å². The molecule has 6 nitrogen and oxygen atoms in total. The van der Waals surface area contributed by atoms with Gasteiger partial charge in [-0.25, -0.2) is 17.5 Å². The molecule has 0 N–H and O–H groups in total. The maximum absolute atomic E-state index is 13.2. The maximum Gasteiger partial charge on any atom is 0.414 e. The number of nitrogens with zero attached hydrogens (tertiary/aromatic N) is 2. The molecule has 1 fully saturated rings. The molecular formula is C21H25BrN2O4S. The molecule has 1 aromatic carbocycles. The second kappa shape index (κ2) is 8.24. The highest BCUT2D eigenvalue weighted by molar-refractivity contribution is 9.09. The number of hydrogen-bond donors (Lipinski definition) is 0. The van der Waals surface area contributed by atoms with E-state index in [1.807, 2.05) is 43.4 Å². The summed E-state index contributed by atoms with van der Waals surface area (Å²) in [6, 6.07) is 5.86. The normalized spacial score (nSPS) is 26.1. The summed E-state index contributed by atoms with van der Waals surface area (Å²) in [6.07, 6.45) is 9.12. The third-order valence-corrected chi connectivity index (χ3v) is 9.28. The molecule has 0 saturated carbocycles. The van der Waals surface area contributed by atoms with Crippen molar-refractivity contribution in [1.82, 2.24) is 4.31 Å². The first-order valence-electron chi connectivity index (χ1n) is 9.90. The van der Waals surface area contributed by atoms with Gasteiger partial charge in [-0.2, -0.15) is 0 Å². The van der Waals surface area contributed by atoms with Crippen LogP contribution in [0, 0.1) is 6.92 Å². The average molecular weight is 481 g/mol. The Balaban J connectivity index is 1.52. The van der Waals surface area contributed by atoms with Crippen molar-refractivity contribution in [3.8, 4) is 0 Å². The van der Waals surface area contributed by atoms with Crippen LogP contribution in [-0.4, -0.2) is 48.0 Å². The first kappa shape index (κ1) is 20.6. The van der Waals surface area contributed by atoms with Crippen LogP contribution in [0.3, 0.4) is 0 Å². The summed E-state index contributed by atoms with van der Waals surface area (Å²) < 4.78 is 33.4. The van der Waals surface area contributed by atoms with Gasteiger partial charge >= 0.3 is 6.09 Å². The van der Waals surface area contributed by atoms with E-state index in [0.29, 0.717) is 25.9 Å². The third-order valence-electron chi connectivity index (χ3n) is 5.83. The Morgan fingerprint density at radius 2 is 1.86 bits per heavy atom. The average Bonchev–Trinajstić information content (AvgIpc) is 2.93. The summed E-state index contributed by atoms with van der Waals surface area (Å²) in [4.78, 5) is 14.1. The second-order valence-corrected chi connectivity index (χ2v) is 10.8. The van der Waals surface area contributed by atoms with Crippen LogP contribution in [0.15, 0.2) is 42.5 Å². The van der Waals surface area contributed by atoms with Crippen molar-refractivity contribution in [2.24, 2.45) is 0 Å². The van der Waals surface area contributed by atoms with E-state index in [4.69, 9.17) is 4.74 Å². The van der Waals surface area contributed by atoms with Gasteiger partial charge in [-0.3, -0.25) is 4.90 Å². The van der Waals surface area contributed by atoms with Gasteiger partial charge in [-0.1, -0.05) is 58.4 Å². The van der Waals surface area contributed by atoms with Crippen LogP contribution in [0.25, 0.3) is 0 Å². The Morgan fingerprint density at radius 1 is 1.14 bits per heavy atom. The molecule has 1 aromatic rings. The number of piperidine rings is 1. The number of anilines is 1. The van der Waals surface area contributed by atoms with Crippen molar-refractivity contribution in [2.75, 3.05) is 18.0 Å². The molecule has 1 amide bonds. The fourth-order valence-electron chi connectivity index (χ4n) is 4.32. The topological polar surface area (TPSA) is 66.9 Å². The summed E-state index contributed by atoms with van der Waals surface area (Å²) >= 11 is 3.50. The van der Waals surface area contributed by atoms with Gasteiger partial charge in [0.05, 0.1) is 10.5 Å². The molecule has 1 saturated heterocycles. The van der Waals surface area contributed by atoms with Crippen molar-refractivity contribution in [3.63, 3.8) is 0 Å². The van der Waals surface area contributed by atoms with Crippen LogP contribution < -0.4 is 4.90 Å². The predicted octanol–water partition coefficient (Wildman–Crippen LogP) is 3.89. The molecule has 2 heterocycles. The van der Waals surface area contributed by atoms with E-state index in [9.17, 15) is 13.2 Å². The molecule has 2 aliphatic heterocycles. The summed E-state index contributed by atoms with van der Waals surface area (Å²) in [5.74, 6) is 0. The van der Waals surface area contributed by atoms with E-state index in [0.717, 1.165) is 23.2 Å². The highest BCUT2D eigenvalue weighted by Crippen LogP contribution is 2.35. The summed E-state index contributed by atoms with van der Waals surface area (Å²) in [5, 5.41) is -0.610.